The first-order chi connectivity index (χ1) is 17.4. The highest BCUT2D eigenvalue weighted by molar-refractivity contribution is 5.67. The van der Waals surface area contributed by atoms with Gasteiger partial charge in [-0.1, -0.05) is 32.0 Å². The van der Waals surface area contributed by atoms with Crippen LogP contribution >= 0.6 is 0 Å². The van der Waals surface area contributed by atoms with E-state index in [1.807, 2.05) is 38.1 Å². The smallest absolute Gasteiger partial charge is 0.303 e. The minimum absolute atomic E-state index is 0.126. The SMILES string of the molecule is CC[C@H]1O[C@@H](OCCCCc2ccc(OCc3cccnc3)cc2)[C@H](OC(C)=O)[C@@H](OC(C)=O)[C@@H]1C. The lowest BCUT2D eigenvalue weighted by Crippen LogP contribution is -2.57. The average Bonchev–Trinajstić information content (AvgIpc) is 2.86. The molecular formula is C28H37NO7. The summed E-state index contributed by atoms with van der Waals surface area (Å²) < 4.78 is 28.9. The largest absolute Gasteiger partial charge is 0.489 e. The van der Waals surface area contributed by atoms with Crippen LogP contribution in [0.15, 0.2) is 48.8 Å². The van der Waals surface area contributed by atoms with Crippen molar-refractivity contribution in [1.82, 2.24) is 4.98 Å². The van der Waals surface area contributed by atoms with Crippen molar-refractivity contribution in [1.29, 1.82) is 0 Å². The molecule has 0 spiro atoms. The maximum Gasteiger partial charge on any atom is 0.303 e. The minimum Gasteiger partial charge on any atom is -0.489 e. The molecule has 0 bridgehead atoms. The molecule has 0 unspecified atom stereocenters. The Morgan fingerprint density at radius 2 is 1.69 bits per heavy atom. The normalized spacial score (nSPS) is 23.6. The van der Waals surface area contributed by atoms with Gasteiger partial charge in [0.15, 0.2) is 12.4 Å². The maximum atomic E-state index is 11.7. The standard InChI is InChI=1S/C28H37NO7/c1-5-25-19(2)26(34-20(3)30)27(35-21(4)31)28(36-25)32-16-7-6-9-22-11-13-24(14-12-22)33-18-23-10-8-15-29-17-23/h8,10-15,17,19,25-28H,5-7,9,16,18H2,1-4H3/t19-,25-,26+,27-,28-/m1/s1. The summed E-state index contributed by atoms with van der Waals surface area (Å²) >= 11 is 0. The Balaban J connectivity index is 1.46. The number of nitrogens with zero attached hydrogens (tertiary/aromatic N) is 1. The molecule has 3 rings (SSSR count). The zero-order chi connectivity index (χ0) is 25.9. The number of hydrogen-bond donors (Lipinski definition) is 0. The van der Waals surface area contributed by atoms with Gasteiger partial charge in [0.1, 0.15) is 18.5 Å². The molecule has 196 valence electrons. The Bertz CT molecular complexity index is 950. The van der Waals surface area contributed by atoms with Crippen molar-refractivity contribution in [3.8, 4) is 5.75 Å². The first kappa shape index (κ1) is 27.6. The second-order valence-electron chi connectivity index (χ2n) is 9.08. The van der Waals surface area contributed by atoms with E-state index in [0.29, 0.717) is 13.2 Å². The zero-order valence-electron chi connectivity index (χ0n) is 21.6. The van der Waals surface area contributed by atoms with Crippen LogP contribution in [0.1, 0.15) is 58.1 Å². The Morgan fingerprint density at radius 3 is 2.33 bits per heavy atom. The van der Waals surface area contributed by atoms with Crippen LogP contribution < -0.4 is 4.74 Å². The van der Waals surface area contributed by atoms with Crippen molar-refractivity contribution in [2.45, 2.75) is 84.6 Å². The number of unbranched alkanes of at least 4 members (excludes halogenated alkanes) is 1. The van der Waals surface area contributed by atoms with Crippen LogP contribution in [0, 0.1) is 5.92 Å². The van der Waals surface area contributed by atoms with Gasteiger partial charge in [0.2, 0.25) is 0 Å². The number of hydrogen-bond acceptors (Lipinski definition) is 8. The van der Waals surface area contributed by atoms with E-state index < -0.39 is 30.4 Å². The molecule has 1 fully saturated rings. The Kier molecular flexibility index (Phi) is 10.7. The first-order valence-corrected chi connectivity index (χ1v) is 12.6. The van der Waals surface area contributed by atoms with Gasteiger partial charge >= 0.3 is 11.9 Å². The molecular weight excluding hydrogens is 462 g/mol. The van der Waals surface area contributed by atoms with E-state index >= 15 is 0 Å². The van der Waals surface area contributed by atoms with E-state index in [4.69, 9.17) is 23.7 Å². The van der Waals surface area contributed by atoms with E-state index in [-0.39, 0.29) is 12.0 Å². The topological polar surface area (TPSA) is 93.2 Å². The highest BCUT2D eigenvalue weighted by Gasteiger charge is 2.47. The Morgan fingerprint density at radius 1 is 0.972 bits per heavy atom. The lowest BCUT2D eigenvalue weighted by atomic mass is 9.89. The number of benzene rings is 1. The molecule has 0 radical (unpaired) electrons. The van der Waals surface area contributed by atoms with E-state index in [9.17, 15) is 9.59 Å². The minimum atomic E-state index is -0.802. The Hall–Kier alpha value is -2.97. The number of carbonyl (C=O) groups is 2. The van der Waals surface area contributed by atoms with E-state index in [1.54, 1.807) is 12.4 Å². The van der Waals surface area contributed by atoms with Crippen LogP contribution in [-0.2, 0) is 41.6 Å². The predicted molar refractivity (Wildman–Crippen MR) is 133 cm³/mol. The van der Waals surface area contributed by atoms with Crippen LogP contribution in [0.4, 0.5) is 0 Å². The summed E-state index contributed by atoms with van der Waals surface area (Å²) in [6.45, 7) is 7.54. The van der Waals surface area contributed by atoms with Crippen molar-refractivity contribution < 1.29 is 33.3 Å². The summed E-state index contributed by atoms with van der Waals surface area (Å²) in [5.41, 5.74) is 2.24. The highest BCUT2D eigenvalue weighted by Crippen LogP contribution is 2.32. The van der Waals surface area contributed by atoms with Gasteiger partial charge < -0.3 is 23.7 Å². The quantitative estimate of drug-likeness (QED) is 0.308. The summed E-state index contributed by atoms with van der Waals surface area (Å²) in [5.74, 6) is -0.198. The van der Waals surface area contributed by atoms with Gasteiger partial charge in [-0.2, -0.15) is 0 Å². The van der Waals surface area contributed by atoms with Crippen molar-refractivity contribution in [3.05, 3.63) is 59.9 Å². The van der Waals surface area contributed by atoms with Gasteiger partial charge in [-0.3, -0.25) is 14.6 Å². The predicted octanol–water partition coefficient (Wildman–Crippen LogP) is 4.63. The van der Waals surface area contributed by atoms with Crippen LogP contribution in [0.2, 0.25) is 0 Å². The van der Waals surface area contributed by atoms with Crippen LogP contribution in [0.25, 0.3) is 0 Å². The van der Waals surface area contributed by atoms with Gasteiger partial charge in [0, 0.05) is 44.3 Å². The fourth-order valence-corrected chi connectivity index (χ4v) is 4.35. The number of carbonyl (C=O) groups excluding carboxylic acids is 2. The summed E-state index contributed by atoms with van der Waals surface area (Å²) in [5, 5.41) is 0. The molecule has 1 aromatic carbocycles. The molecule has 1 aliphatic heterocycles. The third-order valence-electron chi connectivity index (χ3n) is 6.21. The lowest BCUT2D eigenvalue weighted by Gasteiger charge is -2.43. The highest BCUT2D eigenvalue weighted by atomic mass is 16.7. The molecule has 1 aromatic heterocycles. The van der Waals surface area contributed by atoms with Gasteiger partial charge in [-0.05, 0) is 49.4 Å². The molecule has 1 saturated heterocycles. The maximum absolute atomic E-state index is 11.7. The molecule has 0 N–H and O–H groups in total. The summed E-state index contributed by atoms with van der Waals surface area (Å²) in [7, 11) is 0. The molecule has 2 heterocycles. The lowest BCUT2D eigenvalue weighted by molar-refractivity contribution is -0.290. The molecule has 0 aliphatic carbocycles. The van der Waals surface area contributed by atoms with Crippen molar-refractivity contribution in [2.75, 3.05) is 6.61 Å². The molecule has 1 aliphatic rings. The van der Waals surface area contributed by atoms with Crippen molar-refractivity contribution in [2.24, 2.45) is 5.92 Å². The molecule has 5 atom stereocenters. The molecule has 2 aromatic rings. The van der Waals surface area contributed by atoms with Crippen LogP contribution in [-0.4, -0.2) is 48.1 Å². The molecule has 0 saturated carbocycles. The number of esters is 2. The summed E-state index contributed by atoms with van der Waals surface area (Å²) in [6.07, 6.45) is 4.52. The number of ether oxygens (including phenoxy) is 5. The van der Waals surface area contributed by atoms with Crippen LogP contribution in [0.5, 0.6) is 5.75 Å². The van der Waals surface area contributed by atoms with E-state index in [2.05, 4.69) is 17.1 Å². The zero-order valence-corrected chi connectivity index (χ0v) is 21.6. The van der Waals surface area contributed by atoms with E-state index in [0.717, 1.165) is 37.0 Å². The number of aryl methyl sites for hydroxylation is 1. The van der Waals surface area contributed by atoms with Gasteiger partial charge in [0.05, 0.1) is 6.10 Å². The van der Waals surface area contributed by atoms with Crippen LogP contribution in [0.3, 0.4) is 0 Å². The summed E-state index contributed by atoms with van der Waals surface area (Å²) in [4.78, 5) is 27.5. The number of pyridine rings is 1. The number of rotatable bonds is 12. The fourth-order valence-electron chi connectivity index (χ4n) is 4.35. The first-order valence-electron chi connectivity index (χ1n) is 12.6. The molecule has 8 nitrogen and oxygen atoms in total. The fraction of sp³-hybridized carbons (Fsp3) is 0.536. The molecule has 0 amide bonds. The summed E-state index contributed by atoms with van der Waals surface area (Å²) in [6, 6.07) is 12.0. The third kappa shape index (κ3) is 8.31. The Labute approximate surface area is 213 Å². The van der Waals surface area contributed by atoms with Gasteiger partial charge in [-0.25, -0.2) is 0 Å². The molecule has 36 heavy (non-hydrogen) atoms. The van der Waals surface area contributed by atoms with Crippen molar-refractivity contribution >= 4 is 11.9 Å². The van der Waals surface area contributed by atoms with Gasteiger partial charge in [0.25, 0.3) is 0 Å². The monoisotopic (exact) mass is 499 g/mol. The second-order valence-corrected chi connectivity index (χ2v) is 9.08. The van der Waals surface area contributed by atoms with Gasteiger partial charge in [-0.15, -0.1) is 0 Å². The number of aromatic nitrogens is 1. The van der Waals surface area contributed by atoms with Crippen molar-refractivity contribution in [3.63, 3.8) is 0 Å². The van der Waals surface area contributed by atoms with E-state index in [1.165, 1.54) is 19.4 Å². The molecule has 8 heteroatoms. The third-order valence-corrected chi connectivity index (χ3v) is 6.21. The second kappa shape index (κ2) is 13.9. The average molecular weight is 500 g/mol.